The van der Waals surface area contributed by atoms with Gasteiger partial charge >= 0.3 is 6.03 Å². The van der Waals surface area contributed by atoms with Crippen molar-refractivity contribution in [3.05, 3.63) is 65.2 Å². The lowest BCUT2D eigenvalue weighted by atomic mass is 10.1. The molecule has 0 aliphatic carbocycles. The van der Waals surface area contributed by atoms with Crippen molar-refractivity contribution in [1.82, 2.24) is 15.5 Å². The SMILES string of the molecule is COc1ccc(-c2ccc(OCCNC(=O)Nc3cccc(Cl)c3C)nn2)cc1. The van der Waals surface area contributed by atoms with Crippen molar-refractivity contribution >= 4 is 23.3 Å². The van der Waals surface area contributed by atoms with Crippen molar-refractivity contribution in [2.24, 2.45) is 0 Å². The van der Waals surface area contributed by atoms with Gasteiger partial charge in [0.05, 0.1) is 19.3 Å². The Labute approximate surface area is 174 Å². The minimum Gasteiger partial charge on any atom is -0.497 e. The highest BCUT2D eigenvalue weighted by Crippen LogP contribution is 2.23. The molecule has 2 aromatic carbocycles. The number of carbonyl (C=O) groups excluding carboxylic acids is 1. The zero-order valence-electron chi connectivity index (χ0n) is 16.1. The topological polar surface area (TPSA) is 85.4 Å². The average molecular weight is 413 g/mol. The van der Waals surface area contributed by atoms with E-state index in [9.17, 15) is 4.79 Å². The lowest BCUT2D eigenvalue weighted by Crippen LogP contribution is -2.32. The fourth-order valence-electron chi connectivity index (χ4n) is 2.54. The van der Waals surface area contributed by atoms with E-state index in [2.05, 4.69) is 20.8 Å². The molecule has 3 rings (SSSR count). The number of nitrogens with one attached hydrogen (secondary N) is 2. The molecule has 0 bridgehead atoms. The molecule has 7 nitrogen and oxygen atoms in total. The van der Waals surface area contributed by atoms with Gasteiger partial charge in [0.25, 0.3) is 0 Å². The summed E-state index contributed by atoms with van der Waals surface area (Å²) in [7, 11) is 1.62. The minimum absolute atomic E-state index is 0.262. The van der Waals surface area contributed by atoms with Crippen LogP contribution >= 0.6 is 11.6 Å². The molecule has 150 valence electrons. The van der Waals surface area contributed by atoms with Crippen LogP contribution in [0.5, 0.6) is 11.6 Å². The number of nitrogens with zero attached hydrogens (tertiary/aromatic N) is 2. The summed E-state index contributed by atoms with van der Waals surface area (Å²) in [5.41, 5.74) is 3.14. The summed E-state index contributed by atoms with van der Waals surface area (Å²) in [4.78, 5) is 12.0. The Hall–Kier alpha value is -3.32. The van der Waals surface area contributed by atoms with Crippen LogP contribution in [0.1, 0.15) is 5.56 Å². The van der Waals surface area contributed by atoms with Gasteiger partial charge in [-0.2, -0.15) is 0 Å². The molecule has 0 fully saturated rings. The number of hydrogen-bond donors (Lipinski definition) is 2. The van der Waals surface area contributed by atoms with Gasteiger partial charge in [-0.3, -0.25) is 0 Å². The number of aromatic nitrogens is 2. The molecular formula is C21H21ClN4O3. The molecule has 0 atom stereocenters. The molecule has 0 aliphatic rings. The summed E-state index contributed by atoms with van der Waals surface area (Å²) in [5.74, 6) is 1.17. The van der Waals surface area contributed by atoms with Crippen LogP contribution in [0.2, 0.25) is 5.02 Å². The molecule has 0 saturated heterocycles. The number of rotatable bonds is 7. The third-order valence-electron chi connectivity index (χ3n) is 4.18. The van der Waals surface area contributed by atoms with E-state index < -0.39 is 0 Å². The van der Waals surface area contributed by atoms with Gasteiger partial charge in [0, 0.05) is 22.3 Å². The van der Waals surface area contributed by atoms with Crippen LogP contribution in [0.15, 0.2) is 54.6 Å². The number of methoxy groups -OCH3 is 1. The van der Waals surface area contributed by atoms with Crippen LogP contribution in [0, 0.1) is 6.92 Å². The molecule has 1 heterocycles. The fraction of sp³-hybridized carbons (Fsp3) is 0.190. The number of urea groups is 1. The first-order valence-electron chi connectivity index (χ1n) is 8.98. The fourth-order valence-corrected chi connectivity index (χ4v) is 2.72. The zero-order chi connectivity index (χ0) is 20.6. The number of carbonyl (C=O) groups is 1. The van der Waals surface area contributed by atoms with E-state index in [0.29, 0.717) is 23.1 Å². The summed E-state index contributed by atoms with van der Waals surface area (Å²) < 4.78 is 10.7. The molecule has 29 heavy (non-hydrogen) atoms. The van der Waals surface area contributed by atoms with Gasteiger partial charge in [-0.15, -0.1) is 10.2 Å². The van der Waals surface area contributed by atoms with Crippen LogP contribution in [0.4, 0.5) is 10.5 Å². The third kappa shape index (κ3) is 5.58. The van der Waals surface area contributed by atoms with E-state index in [1.807, 2.05) is 37.3 Å². The van der Waals surface area contributed by atoms with E-state index >= 15 is 0 Å². The Morgan fingerprint density at radius 3 is 2.55 bits per heavy atom. The molecule has 0 unspecified atom stereocenters. The van der Waals surface area contributed by atoms with Gasteiger partial charge in [0.2, 0.25) is 5.88 Å². The maximum absolute atomic E-state index is 12.0. The van der Waals surface area contributed by atoms with Gasteiger partial charge in [-0.05, 0) is 55.0 Å². The van der Waals surface area contributed by atoms with E-state index in [1.54, 1.807) is 31.4 Å². The third-order valence-corrected chi connectivity index (χ3v) is 4.59. The molecule has 3 aromatic rings. The zero-order valence-corrected chi connectivity index (χ0v) is 16.9. The van der Waals surface area contributed by atoms with Gasteiger partial charge in [-0.25, -0.2) is 4.79 Å². The highest BCUT2D eigenvalue weighted by atomic mass is 35.5. The second-order valence-electron chi connectivity index (χ2n) is 6.13. The Bertz CT molecular complexity index is 963. The molecule has 1 aromatic heterocycles. The predicted octanol–water partition coefficient (Wildman–Crippen LogP) is 4.31. The number of anilines is 1. The predicted molar refractivity (Wildman–Crippen MR) is 113 cm³/mol. The highest BCUT2D eigenvalue weighted by molar-refractivity contribution is 6.31. The first-order chi connectivity index (χ1) is 14.1. The minimum atomic E-state index is -0.333. The molecule has 2 N–H and O–H groups in total. The largest absolute Gasteiger partial charge is 0.497 e. The molecule has 0 saturated carbocycles. The van der Waals surface area contributed by atoms with Crippen molar-refractivity contribution < 1.29 is 14.3 Å². The highest BCUT2D eigenvalue weighted by Gasteiger charge is 2.07. The lowest BCUT2D eigenvalue weighted by Gasteiger charge is -2.11. The first kappa shape index (κ1) is 20.4. The van der Waals surface area contributed by atoms with Gasteiger partial charge in [0.1, 0.15) is 12.4 Å². The van der Waals surface area contributed by atoms with Crippen molar-refractivity contribution in [3.8, 4) is 22.9 Å². The van der Waals surface area contributed by atoms with Gasteiger partial charge in [-0.1, -0.05) is 17.7 Å². The number of benzene rings is 2. The van der Waals surface area contributed by atoms with Crippen LogP contribution < -0.4 is 20.1 Å². The monoisotopic (exact) mass is 412 g/mol. The summed E-state index contributed by atoms with van der Waals surface area (Å²) in [6.45, 7) is 2.42. The van der Waals surface area contributed by atoms with Crippen molar-refractivity contribution in [1.29, 1.82) is 0 Å². The van der Waals surface area contributed by atoms with E-state index in [4.69, 9.17) is 21.1 Å². The van der Waals surface area contributed by atoms with E-state index in [1.165, 1.54) is 0 Å². The van der Waals surface area contributed by atoms with Gasteiger partial charge < -0.3 is 20.1 Å². The smallest absolute Gasteiger partial charge is 0.319 e. The molecule has 8 heteroatoms. The Morgan fingerprint density at radius 2 is 1.86 bits per heavy atom. The van der Waals surface area contributed by atoms with Crippen molar-refractivity contribution in [2.45, 2.75) is 6.92 Å². The normalized spacial score (nSPS) is 10.3. The van der Waals surface area contributed by atoms with E-state index in [-0.39, 0.29) is 12.6 Å². The Kier molecular flexibility index (Phi) is 6.86. The maximum Gasteiger partial charge on any atom is 0.319 e. The van der Waals surface area contributed by atoms with Crippen LogP contribution in [-0.2, 0) is 0 Å². The summed E-state index contributed by atoms with van der Waals surface area (Å²) >= 11 is 6.05. The van der Waals surface area contributed by atoms with Crippen LogP contribution in [-0.4, -0.2) is 36.5 Å². The quantitative estimate of drug-likeness (QED) is 0.564. The van der Waals surface area contributed by atoms with Gasteiger partial charge in [0.15, 0.2) is 0 Å². The second-order valence-corrected chi connectivity index (χ2v) is 6.53. The molecule has 0 radical (unpaired) electrons. The summed E-state index contributed by atoms with van der Waals surface area (Å²) in [5, 5.41) is 14.3. The Balaban J connectivity index is 1.44. The number of amides is 2. The standard InChI is InChI=1S/C21H21ClN4O3/c1-14-17(22)4-3-5-18(14)24-21(27)23-12-13-29-20-11-10-19(25-26-20)15-6-8-16(28-2)9-7-15/h3-11H,12-13H2,1-2H3,(H2,23,24,27). The number of ether oxygens (including phenoxy) is 2. The lowest BCUT2D eigenvalue weighted by molar-refractivity contribution is 0.246. The first-order valence-corrected chi connectivity index (χ1v) is 9.35. The Morgan fingerprint density at radius 1 is 1.07 bits per heavy atom. The molecule has 0 aliphatic heterocycles. The van der Waals surface area contributed by atoms with E-state index in [0.717, 1.165) is 22.6 Å². The molecule has 0 spiro atoms. The maximum atomic E-state index is 12.0. The number of halogens is 1. The average Bonchev–Trinajstić information content (AvgIpc) is 2.75. The van der Waals surface area contributed by atoms with Crippen molar-refractivity contribution in [3.63, 3.8) is 0 Å². The molecular weight excluding hydrogens is 392 g/mol. The second kappa shape index (κ2) is 9.75. The van der Waals surface area contributed by atoms with Crippen molar-refractivity contribution in [2.75, 3.05) is 25.6 Å². The van der Waals surface area contributed by atoms with Crippen LogP contribution in [0.3, 0.4) is 0 Å². The summed E-state index contributed by atoms with van der Waals surface area (Å²) in [6, 6.07) is 16.1. The molecule has 2 amide bonds. The van der Waals surface area contributed by atoms with Crippen LogP contribution in [0.25, 0.3) is 11.3 Å². The number of hydrogen-bond acceptors (Lipinski definition) is 5. The summed E-state index contributed by atoms with van der Waals surface area (Å²) in [6.07, 6.45) is 0.